The van der Waals surface area contributed by atoms with E-state index in [0.29, 0.717) is 42.6 Å². The largest absolute Gasteiger partial charge is 0.494 e. The van der Waals surface area contributed by atoms with Gasteiger partial charge < -0.3 is 45.0 Å². The molecule has 4 N–H and O–H groups in total. The molecule has 5 aliphatic heterocycles. The molecule has 1 unspecified atom stereocenters. The van der Waals surface area contributed by atoms with E-state index >= 15 is 0 Å². The van der Waals surface area contributed by atoms with E-state index < -0.39 is 6.04 Å². The molecule has 5 aromatic rings. The highest BCUT2D eigenvalue weighted by Gasteiger charge is 2.46. The summed E-state index contributed by atoms with van der Waals surface area (Å²) >= 11 is 5.14. The van der Waals surface area contributed by atoms with E-state index in [0.717, 1.165) is 140 Å². The zero-order valence-electron chi connectivity index (χ0n) is 42.3. The summed E-state index contributed by atoms with van der Waals surface area (Å²) in [6.07, 6.45) is 14.3. The third-order valence-corrected chi connectivity index (χ3v) is 17.0. The SMILES string of the molecule is C=C1CCC(N2Cc3cc(N4CCN(CC5(CN6CCN(C7CCN(c8cc(OC)c(Nc9ncc(Br)c(Nc%10ccc%11nccnc%11c%10NSC)n9)cc8CC)CC7)CC6)CC5)CC4)ccc3C2=O)C(=O)N1. The molecule has 0 radical (unpaired) electrons. The number of rotatable bonds is 16. The maximum absolute atomic E-state index is 13.3. The Hall–Kier alpha value is -5.73. The highest BCUT2D eigenvalue weighted by molar-refractivity contribution is 9.10. The van der Waals surface area contributed by atoms with Crippen molar-refractivity contribution >= 4 is 90.9 Å². The number of benzene rings is 3. The maximum atomic E-state index is 13.3. The van der Waals surface area contributed by atoms with Crippen molar-refractivity contribution in [3.63, 3.8) is 0 Å². The van der Waals surface area contributed by atoms with Gasteiger partial charge in [-0.1, -0.05) is 25.5 Å². The van der Waals surface area contributed by atoms with Crippen molar-refractivity contribution in [2.45, 2.75) is 70.5 Å². The number of hydrogen-bond acceptors (Lipinski definition) is 16. The van der Waals surface area contributed by atoms with Crippen molar-refractivity contribution < 1.29 is 14.3 Å². The predicted octanol–water partition coefficient (Wildman–Crippen LogP) is 7.87. The Morgan fingerprint density at radius 3 is 2.33 bits per heavy atom. The van der Waals surface area contributed by atoms with Gasteiger partial charge in [0.15, 0.2) is 0 Å². The molecule has 1 aliphatic carbocycles. The van der Waals surface area contributed by atoms with E-state index in [9.17, 15) is 9.59 Å². The average molecular weight is 1070 g/mol. The second kappa shape index (κ2) is 21.2. The first-order valence-electron chi connectivity index (χ1n) is 26.0. The van der Waals surface area contributed by atoms with Gasteiger partial charge in [-0.25, -0.2) is 4.98 Å². The van der Waals surface area contributed by atoms with Crippen molar-refractivity contribution in [2.24, 2.45) is 5.41 Å². The molecule has 73 heavy (non-hydrogen) atoms. The number of nitrogens with one attached hydrogen (secondary N) is 4. The molecule has 2 aromatic heterocycles. The van der Waals surface area contributed by atoms with E-state index in [-0.39, 0.29) is 11.8 Å². The van der Waals surface area contributed by atoms with Crippen molar-refractivity contribution in [1.82, 2.24) is 44.9 Å². The Kier molecular flexibility index (Phi) is 14.4. The van der Waals surface area contributed by atoms with Crippen molar-refractivity contribution in [3.8, 4) is 5.75 Å². The lowest BCUT2D eigenvalue weighted by atomic mass is 9.99. The number of allylic oxidation sites excluding steroid dienone is 1. The number of aromatic nitrogens is 4. The Morgan fingerprint density at radius 1 is 0.863 bits per heavy atom. The number of carbonyl (C=O) groups excluding carboxylic acids is 2. The van der Waals surface area contributed by atoms with Gasteiger partial charge in [0.25, 0.3) is 5.91 Å². The van der Waals surface area contributed by atoms with Gasteiger partial charge in [0, 0.05) is 145 Å². The Morgan fingerprint density at radius 2 is 1.62 bits per heavy atom. The fourth-order valence-electron chi connectivity index (χ4n) is 11.8. The summed E-state index contributed by atoms with van der Waals surface area (Å²) < 4.78 is 10.1. The summed E-state index contributed by atoms with van der Waals surface area (Å²) in [4.78, 5) is 59.6. The number of halogens is 1. The van der Waals surface area contributed by atoms with Gasteiger partial charge in [-0.05, 0) is 114 Å². The smallest absolute Gasteiger partial charge is 0.255 e. The third-order valence-electron chi connectivity index (χ3n) is 16.0. The van der Waals surface area contributed by atoms with Crippen LogP contribution >= 0.6 is 27.9 Å². The number of hydrogen-bond donors (Lipinski definition) is 4. The minimum atomic E-state index is -0.431. The average Bonchev–Trinajstić information content (AvgIpc) is 4.09. The first-order valence-corrected chi connectivity index (χ1v) is 28.0. The fourth-order valence-corrected chi connectivity index (χ4v) is 12.5. The molecule has 5 fully saturated rings. The van der Waals surface area contributed by atoms with Gasteiger partial charge in [0.1, 0.15) is 23.1 Å². The second-order valence-corrected chi connectivity index (χ2v) is 22.1. The number of aryl methyl sites for hydroxylation is 1. The van der Waals surface area contributed by atoms with Gasteiger partial charge in [-0.15, -0.1) is 0 Å². The number of nitrogens with zero attached hydrogens (tertiary/aromatic N) is 10. The number of carbonyl (C=O) groups is 2. The highest BCUT2D eigenvalue weighted by Crippen LogP contribution is 2.47. The van der Waals surface area contributed by atoms with Gasteiger partial charge in [-0.3, -0.25) is 29.4 Å². The number of methoxy groups -OCH3 is 1. The van der Waals surface area contributed by atoms with E-state index in [1.165, 1.54) is 54.8 Å². The van der Waals surface area contributed by atoms with E-state index in [1.54, 1.807) is 30.6 Å². The number of ether oxygens (including phenoxy) is 1. The molecule has 11 rings (SSSR count). The van der Waals surface area contributed by atoms with Crippen LogP contribution < -0.4 is 35.2 Å². The molecule has 2 amide bonds. The first kappa shape index (κ1) is 49.5. The molecule has 19 heteroatoms. The zero-order valence-corrected chi connectivity index (χ0v) is 44.7. The van der Waals surface area contributed by atoms with Gasteiger partial charge >= 0.3 is 0 Å². The van der Waals surface area contributed by atoms with E-state index in [2.05, 4.69) is 114 Å². The van der Waals surface area contributed by atoms with Gasteiger partial charge in [-0.2, -0.15) is 4.98 Å². The highest BCUT2D eigenvalue weighted by atomic mass is 79.9. The van der Waals surface area contributed by atoms with Crippen molar-refractivity contribution in [1.29, 1.82) is 0 Å². The molecular weight excluding hydrogens is 1000 g/mol. The summed E-state index contributed by atoms with van der Waals surface area (Å²) in [5.74, 6) is 1.65. The quantitative estimate of drug-likeness (QED) is 0.0706. The summed E-state index contributed by atoms with van der Waals surface area (Å²) in [5, 5.41) is 9.79. The number of amides is 2. The lowest BCUT2D eigenvalue weighted by Crippen LogP contribution is -2.55. The molecule has 6 aliphatic rings. The Balaban J connectivity index is 0.644. The van der Waals surface area contributed by atoms with Crippen LogP contribution in [-0.4, -0.2) is 155 Å². The molecule has 7 heterocycles. The third kappa shape index (κ3) is 10.5. The second-order valence-electron chi connectivity index (χ2n) is 20.6. The molecule has 384 valence electrons. The molecule has 4 saturated heterocycles. The number of fused-ring (bicyclic) bond motifs is 2. The summed E-state index contributed by atoms with van der Waals surface area (Å²) in [6, 6.07) is 14.7. The van der Waals surface area contributed by atoms with E-state index in [4.69, 9.17) is 9.72 Å². The lowest BCUT2D eigenvalue weighted by molar-refractivity contribution is -0.126. The fraction of sp³-hybridized carbons (Fsp3) is 0.481. The first-order chi connectivity index (χ1) is 35.6. The summed E-state index contributed by atoms with van der Waals surface area (Å²) in [7, 11) is 1.72. The van der Waals surface area contributed by atoms with Crippen LogP contribution in [0.4, 0.5) is 40.2 Å². The maximum Gasteiger partial charge on any atom is 0.255 e. The molecule has 3 aromatic carbocycles. The molecule has 0 bridgehead atoms. The molecule has 1 saturated carbocycles. The van der Waals surface area contributed by atoms with Crippen LogP contribution in [0.2, 0.25) is 0 Å². The molecule has 17 nitrogen and oxygen atoms in total. The van der Waals surface area contributed by atoms with Gasteiger partial charge in [0.2, 0.25) is 11.9 Å². The zero-order chi connectivity index (χ0) is 50.2. The van der Waals surface area contributed by atoms with Crippen LogP contribution in [-0.2, 0) is 17.8 Å². The van der Waals surface area contributed by atoms with Crippen molar-refractivity contribution in [3.05, 3.63) is 94.5 Å². The number of anilines is 7. The minimum Gasteiger partial charge on any atom is -0.494 e. The van der Waals surface area contributed by atoms with Crippen LogP contribution in [0.3, 0.4) is 0 Å². The Bertz CT molecular complexity index is 2880. The van der Waals surface area contributed by atoms with Crippen LogP contribution in [0.25, 0.3) is 11.0 Å². The lowest BCUT2D eigenvalue weighted by Gasteiger charge is -2.44. The van der Waals surface area contributed by atoms with Crippen LogP contribution in [0, 0.1) is 5.41 Å². The minimum absolute atomic E-state index is 0.0383. The normalized spacial score (nSPS) is 20.8. The number of piperidine rings is 2. The Labute approximate surface area is 441 Å². The standard InChI is InChI=1S/C54H67BrN14O3S/c1-5-36-29-44(61-53-58-31-41(55)50(62-53)60-43-10-9-42-48(49(43)63-73-4)57-17-16-56-42)47(72-3)30-46(36)68-18-12-38(13-19-68)66-24-20-64(21-25-66)33-54(14-15-54)34-65-22-26-67(27-23-65)39-7-8-40-37(28-39)32-69(52(40)71)45-11-6-35(2)59-51(45)70/h7-10,16-17,28-31,38,45,63H,2,5-6,11-15,18-27,32-34H2,1,3-4H3,(H,59,70)(H2,58,60,61,62). The summed E-state index contributed by atoms with van der Waals surface area (Å²) in [5.41, 5.74) is 10.6. The topological polar surface area (TPSA) is 162 Å². The van der Waals surface area contributed by atoms with Crippen molar-refractivity contribution in [2.75, 3.05) is 117 Å². The number of piperazine rings is 2. The van der Waals surface area contributed by atoms with Crippen LogP contribution in [0.5, 0.6) is 5.75 Å². The van der Waals surface area contributed by atoms with Crippen LogP contribution in [0.15, 0.2) is 77.8 Å². The van der Waals surface area contributed by atoms with Crippen LogP contribution in [0.1, 0.15) is 66.9 Å². The molecule has 0 spiro atoms. The molecule has 1 atom stereocenters. The summed E-state index contributed by atoms with van der Waals surface area (Å²) in [6.45, 7) is 19.7. The van der Waals surface area contributed by atoms with E-state index in [1.807, 2.05) is 24.5 Å². The van der Waals surface area contributed by atoms with Gasteiger partial charge in [0.05, 0.1) is 34.2 Å². The molecular formula is C54H67BrN14O3S. The predicted molar refractivity (Wildman–Crippen MR) is 296 cm³/mol. The monoisotopic (exact) mass is 1070 g/mol.